The van der Waals surface area contributed by atoms with Gasteiger partial charge in [-0.05, 0) is 46.8 Å². The molecule has 0 spiro atoms. The lowest BCUT2D eigenvalue weighted by Gasteiger charge is -2.24. The third-order valence-corrected chi connectivity index (χ3v) is 4.70. The van der Waals surface area contributed by atoms with Crippen LogP contribution in [0.4, 0.5) is 10.2 Å². The number of hydrogen-bond donors (Lipinski definition) is 3. The predicted molar refractivity (Wildman–Crippen MR) is 109 cm³/mol. The van der Waals surface area contributed by atoms with E-state index in [9.17, 15) is 9.50 Å². The molecule has 0 aromatic carbocycles. The number of oxime groups is 1. The molecule has 4 rings (SSSR count). The second kappa shape index (κ2) is 6.91. The lowest BCUT2D eigenvalue weighted by molar-refractivity contribution is -0.00234. The standard InChI is InChI=1S/C20H24FN7O2/c1-11(13-8-12(21)9-22-16(13)19(2,3)29)24-15-6-7-28-18(25-15)14(10-23-28)17-26-20(4,5)30-27-17/h6-11,29H,1-5H3,(H,24,25)(H,26,27). The van der Waals surface area contributed by atoms with Crippen LogP contribution >= 0.6 is 0 Å². The van der Waals surface area contributed by atoms with Crippen molar-refractivity contribution in [2.75, 3.05) is 5.32 Å². The number of aromatic nitrogens is 4. The van der Waals surface area contributed by atoms with Crippen LogP contribution < -0.4 is 10.6 Å². The highest BCUT2D eigenvalue weighted by Crippen LogP contribution is 2.29. The molecule has 0 bridgehead atoms. The third-order valence-electron chi connectivity index (χ3n) is 4.70. The number of rotatable bonds is 5. The summed E-state index contributed by atoms with van der Waals surface area (Å²) < 4.78 is 15.5. The van der Waals surface area contributed by atoms with Gasteiger partial charge in [-0.1, -0.05) is 5.16 Å². The summed E-state index contributed by atoms with van der Waals surface area (Å²) in [6.45, 7) is 8.82. The molecule has 1 unspecified atom stereocenters. The van der Waals surface area contributed by atoms with Gasteiger partial charge in [0, 0.05) is 11.8 Å². The molecule has 3 aromatic heterocycles. The Morgan fingerprint density at radius 3 is 2.77 bits per heavy atom. The fourth-order valence-corrected chi connectivity index (χ4v) is 3.32. The molecule has 0 radical (unpaired) electrons. The topological polar surface area (TPSA) is 109 Å². The zero-order chi connectivity index (χ0) is 21.7. The first kappa shape index (κ1) is 20.0. The van der Waals surface area contributed by atoms with E-state index in [1.807, 2.05) is 20.8 Å². The number of fused-ring (bicyclic) bond motifs is 1. The Morgan fingerprint density at radius 2 is 2.10 bits per heavy atom. The third kappa shape index (κ3) is 3.78. The van der Waals surface area contributed by atoms with Gasteiger partial charge >= 0.3 is 0 Å². The van der Waals surface area contributed by atoms with Gasteiger partial charge in [-0.2, -0.15) is 5.10 Å². The van der Waals surface area contributed by atoms with Crippen LogP contribution in [-0.4, -0.2) is 36.2 Å². The molecule has 3 N–H and O–H groups in total. The maximum Gasteiger partial charge on any atom is 0.203 e. The highest BCUT2D eigenvalue weighted by molar-refractivity contribution is 6.04. The number of nitrogens with one attached hydrogen (secondary N) is 2. The van der Waals surface area contributed by atoms with Crippen molar-refractivity contribution < 1.29 is 14.3 Å². The molecule has 3 aromatic rings. The van der Waals surface area contributed by atoms with Crippen molar-refractivity contribution in [1.29, 1.82) is 0 Å². The molecule has 30 heavy (non-hydrogen) atoms. The molecule has 4 heterocycles. The maximum absolute atomic E-state index is 13.9. The average Bonchev–Trinajstić information content (AvgIpc) is 3.22. The van der Waals surface area contributed by atoms with Gasteiger partial charge in [-0.25, -0.2) is 13.9 Å². The van der Waals surface area contributed by atoms with E-state index in [2.05, 4.69) is 30.9 Å². The predicted octanol–water partition coefficient (Wildman–Crippen LogP) is 2.68. The van der Waals surface area contributed by atoms with Crippen LogP contribution in [0.15, 0.2) is 35.9 Å². The van der Waals surface area contributed by atoms with E-state index in [0.717, 1.165) is 6.20 Å². The lowest BCUT2D eigenvalue weighted by atomic mass is 9.95. The SMILES string of the molecule is CC(Nc1ccn2ncc(C3=NOC(C)(C)N3)c2n1)c1cc(F)cnc1C(C)(C)O. The molecular weight excluding hydrogens is 389 g/mol. The van der Waals surface area contributed by atoms with Crippen molar-refractivity contribution in [3.05, 3.63) is 53.4 Å². The van der Waals surface area contributed by atoms with Crippen LogP contribution in [0.2, 0.25) is 0 Å². The van der Waals surface area contributed by atoms with E-state index >= 15 is 0 Å². The first-order valence-corrected chi connectivity index (χ1v) is 9.57. The van der Waals surface area contributed by atoms with E-state index in [4.69, 9.17) is 4.84 Å². The molecule has 1 atom stereocenters. The molecule has 1 aliphatic rings. The number of halogens is 1. The van der Waals surface area contributed by atoms with Crippen LogP contribution in [0.3, 0.4) is 0 Å². The summed E-state index contributed by atoms with van der Waals surface area (Å²) in [5.74, 6) is 0.633. The molecule has 10 heteroatoms. The lowest BCUT2D eigenvalue weighted by Crippen LogP contribution is -2.38. The Bertz CT molecular complexity index is 1130. The van der Waals surface area contributed by atoms with Crippen LogP contribution in [0.1, 0.15) is 57.5 Å². The largest absolute Gasteiger partial charge is 0.384 e. The second-order valence-electron chi connectivity index (χ2n) is 8.32. The Hall–Kier alpha value is -3.27. The molecule has 0 fully saturated rings. The van der Waals surface area contributed by atoms with Crippen molar-refractivity contribution in [3.8, 4) is 0 Å². The fraction of sp³-hybridized carbons (Fsp3) is 0.400. The zero-order valence-corrected chi connectivity index (χ0v) is 17.4. The smallest absolute Gasteiger partial charge is 0.203 e. The Kier molecular flexibility index (Phi) is 4.61. The van der Waals surface area contributed by atoms with Gasteiger partial charge in [0.1, 0.15) is 17.2 Å². The number of amidine groups is 1. The Morgan fingerprint density at radius 1 is 1.33 bits per heavy atom. The van der Waals surface area contributed by atoms with E-state index in [0.29, 0.717) is 34.1 Å². The van der Waals surface area contributed by atoms with Gasteiger partial charge in [0.05, 0.1) is 29.7 Å². The van der Waals surface area contributed by atoms with Gasteiger partial charge < -0.3 is 20.6 Å². The van der Waals surface area contributed by atoms with Crippen LogP contribution in [0, 0.1) is 5.82 Å². The molecule has 1 aliphatic heterocycles. The molecule has 158 valence electrons. The summed E-state index contributed by atoms with van der Waals surface area (Å²) in [5, 5.41) is 25.2. The van der Waals surface area contributed by atoms with Crippen molar-refractivity contribution in [3.63, 3.8) is 0 Å². The van der Waals surface area contributed by atoms with Crippen molar-refractivity contribution in [2.45, 2.75) is 52.0 Å². The minimum atomic E-state index is -1.21. The molecule has 0 aliphatic carbocycles. The average molecular weight is 413 g/mol. The first-order valence-electron chi connectivity index (χ1n) is 9.57. The Balaban J connectivity index is 1.66. The van der Waals surface area contributed by atoms with Crippen LogP contribution in [0.25, 0.3) is 5.65 Å². The van der Waals surface area contributed by atoms with Crippen molar-refractivity contribution in [1.82, 2.24) is 24.9 Å². The summed E-state index contributed by atoms with van der Waals surface area (Å²) in [5.41, 5.74) is 0.412. The summed E-state index contributed by atoms with van der Waals surface area (Å²) in [6.07, 6.45) is 4.53. The minimum Gasteiger partial charge on any atom is -0.384 e. The van der Waals surface area contributed by atoms with Gasteiger partial charge in [-0.15, -0.1) is 0 Å². The van der Waals surface area contributed by atoms with Crippen molar-refractivity contribution in [2.24, 2.45) is 5.16 Å². The van der Waals surface area contributed by atoms with Gasteiger partial charge in [-0.3, -0.25) is 4.98 Å². The molecule has 0 saturated heterocycles. The van der Waals surface area contributed by atoms with Crippen molar-refractivity contribution >= 4 is 17.3 Å². The number of hydrogen-bond acceptors (Lipinski definition) is 8. The highest BCUT2D eigenvalue weighted by atomic mass is 19.1. The van der Waals surface area contributed by atoms with Crippen LogP contribution in [-0.2, 0) is 10.4 Å². The minimum absolute atomic E-state index is 0.361. The van der Waals surface area contributed by atoms with Gasteiger partial charge in [0.15, 0.2) is 11.5 Å². The monoisotopic (exact) mass is 413 g/mol. The summed E-state index contributed by atoms with van der Waals surface area (Å²) in [7, 11) is 0. The number of pyridine rings is 1. The molecule has 0 saturated carbocycles. The number of anilines is 1. The summed E-state index contributed by atoms with van der Waals surface area (Å²) in [6, 6.07) is 2.78. The molecule has 9 nitrogen and oxygen atoms in total. The maximum atomic E-state index is 13.9. The number of aliphatic hydroxyl groups is 1. The second-order valence-corrected chi connectivity index (χ2v) is 8.32. The van der Waals surface area contributed by atoms with Gasteiger partial charge in [0.25, 0.3) is 0 Å². The quantitative estimate of drug-likeness (QED) is 0.590. The Labute approximate surface area is 173 Å². The van der Waals surface area contributed by atoms with E-state index in [-0.39, 0.29) is 6.04 Å². The molecule has 0 amide bonds. The van der Waals surface area contributed by atoms with E-state index < -0.39 is 17.1 Å². The summed E-state index contributed by atoms with van der Waals surface area (Å²) in [4.78, 5) is 14.1. The van der Waals surface area contributed by atoms with Crippen LogP contribution in [0.5, 0.6) is 0 Å². The van der Waals surface area contributed by atoms with E-state index in [1.54, 1.807) is 36.8 Å². The van der Waals surface area contributed by atoms with Gasteiger partial charge in [0.2, 0.25) is 5.72 Å². The highest BCUT2D eigenvalue weighted by Gasteiger charge is 2.30. The molecular formula is C20H24FN7O2. The summed E-state index contributed by atoms with van der Waals surface area (Å²) >= 11 is 0. The fourth-order valence-electron chi connectivity index (χ4n) is 3.32. The number of nitrogens with zero attached hydrogens (tertiary/aromatic N) is 5. The zero-order valence-electron chi connectivity index (χ0n) is 17.4. The normalized spacial score (nSPS) is 16.7. The first-order chi connectivity index (χ1) is 14.0. The van der Waals surface area contributed by atoms with E-state index in [1.165, 1.54) is 6.07 Å².